The maximum Gasteiger partial charge on any atom is 0.0751 e. The molecule has 20 heavy (non-hydrogen) atoms. The second-order valence-corrected chi connectivity index (χ2v) is 7.99. The normalized spacial score (nSPS) is 11.2. The van der Waals surface area contributed by atoms with E-state index in [9.17, 15) is 0 Å². The van der Waals surface area contributed by atoms with Crippen LogP contribution in [0.1, 0.15) is 24.0 Å². The molecule has 0 heterocycles. The van der Waals surface area contributed by atoms with E-state index in [1.54, 1.807) is 0 Å². The summed E-state index contributed by atoms with van der Waals surface area (Å²) in [7, 11) is 4.17. The summed E-state index contributed by atoms with van der Waals surface area (Å²) in [4.78, 5) is 2.15. The molecule has 0 aliphatic rings. The Morgan fingerprint density at radius 1 is 0.900 bits per heavy atom. The molecule has 0 spiro atoms. The van der Waals surface area contributed by atoms with Crippen molar-refractivity contribution in [2.75, 3.05) is 30.5 Å². The van der Waals surface area contributed by atoms with E-state index in [1.807, 2.05) is 23.5 Å². The Labute approximate surface area is 131 Å². The van der Waals surface area contributed by atoms with Crippen LogP contribution in [-0.2, 0) is 0 Å². The predicted molar refractivity (Wildman–Crippen MR) is 97.3 cm³/mol. The third kappa shape index (κ3) is 3.64. The number of anilines is 1. The Balaban J connectivity index is 2.35. The summed E-state index contributed by atoms with van der Waals surface area (Å²) >= 11 is 4.05. The minimum absolute atomic E-state index is 0.558. The predicted octanol–water partition coefficient (Wildman–Crippen LogP) is 5.41. The maximum absolute atomic E-state index is 2.35. The smallest absolute Gasteiger partial charge is 0.0751 e. The number of hydrogen-bond acceptors (Lipinski definition) is 3. The van der Waals surface area contributed by atoms with Crippen LogP contribution in [0.5, 0.6) is 0 Å². The molecular formula is C17H23NS2. The Morgan fingerprint density at radius 3 is 2.10 bits per heavy atom. The molecule has 0 saturated carbocycles. The highest BCUT2D eigenvalue weighted by molar-refractivity contribution is 8.16. The number of hydrogen-bond donors (Lipinski definition) is 0. The fourth-order valence-electron chi connectivity index (χ4n) is 2.22. The second kappa shape index (κ2) is 7.28. The van der Waals surface area contributed by atoms with Gasteiger partial charge in [0.05, 0.1) is 4.58 Å². The first kappa shape index (κ1) is 15.6. The molecular weight excluding hydrogens is 282 g/mol. The van der Waals surface area contributed by atoms with Gasteiger partial charge in [-0.15, -0.1) is 23.5 Å². The molecule has 2 aromatic carbocycles. The van der Waals surface area contributed by atoms with E-state index in [0.717, 1.165) is 11.5 Å². The van der Waals surface area contributed by atoms with Gasteiger partial charge in [0.25, 0.3) is 0 Å². The molecule has 0 bridgehead atoms. The molecule has 3 heteroatoms. The van der Waals surface area contributed by atoms with Gasteiger partial charge in [-0.05, 0) is 46.0 Å². The van der Waals surface area contributed by atoms with Crippen LogP contribution in [0.2, 0.25) is 0 Å². The van der Waals surface area contributed by atoms with E-state index < -0.39 is 0 Å². The van der Waals surface area contributed by atoms with Crippen molar-refractivity contribution in [1.29, 1.82) is 0 Å². The molecule has 0 aliphatic carbocycles. The maximum atomic E-state index is 2.35. The lowest BCUT2D eigenvalue weighted by Gasteiger charge is -2.17. The van der Waals surface area contributed by atoms with Gasteiger partial charge in [-0.3, -0.25) is 0 Å². The van der Waals surface area contributed by atoms with Crippen LogP contribution < -0.4 is 4.90 Å². The standard InChI is InChI=1S/C17H23NS2/c1-5-19-17(20-6-2)15-8-7-14-12-16(18(3)4)10-9-13(14)11-15/h7-12,17H,5-6H2,1-4H3. The molecule has 2 rings (SSSR count). The van der Waals surface area contributed by atoms with Crippen LogP contribution >= 0.6 is 23.5 Å². The third-order valence-electron chi connectivity index (χ3n) is 3.27. The number of fused-ring (bicyclic) bond motifs is 1. The van der Waals surface area contributed by atoms with Gasteiger partial charge in [-0.2, -0.15) is 0 Å². The Morgan fingerprint density at radius 2 is 1.50 bits per heavy atom. The monoisotopic (exact) mass is 305 g/mol. The molecule has 0 unspecified atom stereocenters. The zero-order chi connectivity index (χ0) is 14.5. The number of nitrogens with zero attached hydrogens (tertiary/aromatic N) is 1. The summed E-state index contributed by atoms with van der Waals surface area (Å²) < 4.78 is 0.558. The van der Waals surface area contributed by atoms with E-state index in [-0.39, 0.29) is 0 Å². The van der Waals surface area contributed by atoms with Gasteiger partial charge in [-0.1, -0.05) is 32.0 Å². The van der Waals surface area contributed by atoms with Crippen molar-refractivity contribution in [3.63, 3.8) is 0 Å². The summed E-state index contributed by atoms with van der Waals surface area (Å²) in [5.41, 5.74) is 2.70. The quantitative estimate of drug-likeness (QED) is 0.657. The fourth-order valence-corrected chi connectivity index (χ4v) is 4.70. The molecule has 0 aromatic heterocycles. The van der Waals surface area contributed by atoms with Gasteiger partial charge in [0, 0.05) is 19.8 Å². The topological polar surface area (TPSA) is 3.24 Å². The zero-order valence-electron chi connectivity index (χ0n) is 12.7. The van der Waals surface area contributed by atoms with E-state index in [4.69, 9.17) is 0 Å². The molecule has 0 atom stereocenters. The third-order valence-corrected chi connectivity index (χ3v) is 5.91. The largest absolute Gasteiger partial charge is 0.378 e. The molecule has 2 aromatic rings. The minimum atomic E-state index is 0.558. The van der Waals surface area contributed by atoms with Crippen LogP contribution in [0, 0.1) is 0 Å². The molecule has 0 aliphatic heterocycles. The van der Waals surface area contributed by atoms with Crippen LogP contribution in [0.3, 0.4) is 0 Å². The molecule has 0 saturated heterocycles. The lowest BCUT2D eigenvalue weighted by molar-refractivity contribution is 1.13. The molecule has 108 valence electrons. The Hall–Kier alpha value is -0.800. The highest BCUT2D eigenvalue weighted by Crippen LogP contribution is 2.40. The van der Waals surface area contributed by atoms with Crippen molar-refractivity contribution in [2.24, 2.45) is 0 Å². The van der Waals surface area contributed by atoms with Crippen molar-refractivity contribution in [2.45, 2.75) is 18.4 Å². The van der Waals surface area contributed by atoms with Crippen molar-refractivity contribution < 1.29 is 0 Å². The van der Waals surface area contributed by atoms with Gasteiger partial charge >= 0.3 is 0 Å². The van der Waals surface area contributed by atoms with Gasteiger partial charge in [0.1, 0.15) is 0 Å². The minimum Gasteiger partial charge on any atom is -0.378 e. The van der Waals surface area contributed by atoms with Crippen LogP contribution in [0.15, 0.2) is 36.4 Å². The summed E-state index contributed by atoms with van der Waals surface area (Å²) in [6, 6.07) is 13.6. The van der Waals surface area contributed by atoms with E-state index in [2.05, 4.69) is 69.2 Å². The highest BCUT2D eigenvalue weighted by atomic mass is 32.2. The van der Waals surface area contributed by atoms with E-state index in [1.165, 1.54) is 22.0 Å². The summed E-state index contributed by atoms with van der Waals surface area (Å²) in [5.74, 6) is 2.32. The van der Waals surface area contributed by atoms with Crippen LogP contribution in [0.4, 0.5) is 5.69 Å². The average molecular weight is 306 g/mol. The first-order chi connectivity index (χ1) is 9.65. The second-order valence-electron chi connectivity index (χ2n) is 4.93. The average Bonchev–Trinajstić information content (AvgIpc) is 2.46. The highest BCUT2D eigenvalue weighted by Gasteiger charge is 2.11. The van der Waals surface area contributed by atoms with E-state index >= 15 is 0 Å². The Kier molecular flexibility index (Phi) is 5.67. The van der Waals surface area contributed by atoms with Crippen molar-refractivity contribution in [3.05, 3.63) is 42.0 Å². The first-order valence-electron chi connectivity index (χ1n) is 7.10. The zero-order valence-corrected chi connectivity index (χ0v) is 14.4. The van der Waals surface area contributed by atoms with Gasteiger partial charge < -0.3 is 4.90 Å². The summed E-state index contributed by atoms with van der Waals surface area (Å²) in [6.45, 7) is 4.47. The van der Waals surface area contributed by atoms with Crippen LogP contribution in [-0.4, -0.2) is 25.6 Å². The van der Waals surface area contributed by atoms with Crippen LogP contribution in [0.25, 0.3) is 10.8 Å². The molecule has 0 fully saturated rings. The Bertz CT molecular complexity index is 560. The number of benzene rings is 2. The number of thioether (sulfide) groups is 2. The van der Waals surface area contributed by atoms with Gasteiger partial charge in [0.2, 0.25) is 0 Å². The molecule has 0 N–H and O–H groups in total. The molecule has 1 nitrogen and oxygen atoms in total. The van der Waals surface area contributed by atoms with Crippen molar-refractivity contribution >= 4 is 40.0 Å². The van der Waals surface area contributed by atoms with Crippen molar-refractivity contribution in [3.8, 4) is 0 Å². The van der Waals surface area contributed by atoms with Gasteiger partial charge in [0.15, 0.2) is 0 Å². The first-order valence-corrected chi connectivity index (χ1v) is 9.19. The van der Waals surface area contributed by atoms with E-state index in [0.29, 0.717) is 4.58 Å². The number of rotatable bonds is 6. The SMILES string of the molecule is CCSC(SCC)c1ccc2cc(N(C)C)ccc2c1. The fraction of sp³-hybridized carbons (Fsp3) is 0.412. The van der Waals surface area contributed by atoms with Gasteiger partial charge in [-0.25, -0.2) is 0 Å². The molecule has 0 radical (unpaired) electrons. The lowest BCUT2D eigenvalue weighted by atomic mass is 10.1. The van der Waals surface area contributed by atoms with Crippen molar-refractivity contribution in [1.82, 2.24) is 0 Å². The lowest BCUT2D eigenvalue weighted by Crippen LogP contribution is -2.08. The summed E-state index contributed by atoms with van der Waals surface area (Å²) in [5, 5.41) is 2.66. The molecule has 0 amide bonds. The summed E-state index contributed by atoms with van der Waals surface area (Å²) in [6.07, 6.45) is 0.